The van der Waals surface area contributed by atoms with Crippen LogP contribution in [0.5, 0.6) is 0 Å². The van der Waals surface area contributed by atoms with Crippen molar-refractivity contribution < 1.29 is 5.11 Å². The van der Waals surface area contributed by atoms with Gasteiger partial charge >= 0.3 is 0 Å². The maximum absolute atomic E-state index is 9.32. The first-order valence-corrected chi connectivity index (χ1v) is 7.17. The number of likely N-dealkylation sites (N-methyl/N-ethyl adjacent to an activating group) is 1. The number of nitrogens with zero attached hydrogens (tertiary/aromatic N) is 1. The molecule has 0 spiro atoms. The van der Waals surface area contributed by atoms with Crippen molar-refractivity contribution in [3.63, 3.8) is 0 Å². The van der Waals surface area contributed by atoms with E-state index in [1.807, 2.05) is 30.1 Å². The van der Waals surface area contributed by atoms with E-state index in [0.29, 0.717) is 0 Å². The van der Waals surface area contributed by atoms with Gasteiger partial charge < -0.3 is 10.0 Å². The third kappa shape index (κ3) is 4.13. The van der Waals surface area contributed by atoms with Gasteiger partial charge in [0.15, 0.2) is 0 Å². The lowest BCUT2D eigenvalue weighted by Gasteiger charge is -2.20. The van der Waals surface area contributed by atoms with Gasteiger partial charge in [-0.05, 0) is 28.8 Å². The fraction of sp³-hybridized carbons (Fsp3) is 0.100. The molecule has 0 aliphatic rings. The molecule has 2 aromatic carbocycles. The number of hydrogen-bond acceptors (Lipinski definition) is 2. The average molecular weight is 291 g/mol. The van der Waals surface area contributed by atoms with Crippen molar-refractivity contribution in [3.8, 4) is 11.1 Å². The molecule has 112 valence electrons. The zero-order valence-electron chi connectivity index (χ0n) is 12.9. The Bertz CT molecular complexity index is 686. The summed E-state index contributed by atoms with van der Waals surface area (Å²) in [6, 6.07) is 18.8. The van der Waals surface area contributed by atoms with Crippen LogP contribution in [-0.2, 0) is 6.54 Å². The van der Waals surface area contributed by atoms with Gasteiger partial charge in [-0.1, -0.05) is 61.7 Å². The summed E-state index contributed by atoms with van der Waals surface area (Å²) in [6.07, 6.45) is 3.32. The molecule has 2 nitrogen and oxygen atoms in total. The van der Waals surface area contributed by atoms with Crippen molar-refractivity contribution in [1.29, 1.82) is 0 Å². The van der Waals surface area contributed by atoms with Gasteiger partial charge in [0.1, 0.15) is 5.76 Å². The van der Waals surface area contributed by atoms with Gasteiger partial charge in [0.2, 0.25) is 0 Å². The summed E-state index contributed by atoms with van der Waals surface area (Å²) < 4.78 is 0. The van der Waals surface area contributed by atoms with Crippen molar-refractivity contribution in [3.05, 3.63) is 96.9 Å². The Kier molecular flexibility index (Phi) is 5.21. The quantitative estimate of drug-likeness (QED) is 0.602. The first-order chi connectivity index (χ1) is 10.6. The third-order valence-corrected chi connectivity index (χ3v) is 3.42. The van der Waals surface area contributed by atoms with Gasteiger partial charge in [0.05, 0.1) is 0 Å². The van der Waals surface area contributed by atoms with Gasteiger partial charge in [-0.15, -0.1) is 0 Å². The third-order valence-electron chi connectivity index (χ3n) is 3.42. The molecule has 2 aromatic rings. The molecule has 0 saturated heterocycles. The highest BCUT2D eigenvalue weighted by Gasteiger charge is 2.04. The molecular weight excluding hydrogens is 270 g/mol. The molecule has 0 amide bonds. The monoisotopic (exact) mass is 291 g/mol. The predicted molar refractivity (Wildman–Crippen MR) is 93.4 cm³/mol. The van der Waals surface area contributed by atoms with Crippen molar-refractivity contribution in [1.82, 2.24) is 4.90 Å². The van der Waals surface area contributed by atoms with Crippen LogP contribution in [0.1, 0.15) is 5.56 Å². The number of rotatable bonds is 6. The SMILES string of the molecule is C=C/C(=C\C(=C)O)N(C)Cc1cccc(-c2ccccc2)c1. The van der Waals surface area contributed by atoms with E-state index in [1.165, 1.54) is 16.7 Å². The molecule has 0 aliphatic carbocycles. The zero-order valence-corrected chi connectivity index (χ0v) is 12.9. The van der Waals surface area contributed by atoms with E-state index in [-0.39, 0.29) is 5.76 Å². The summed E-state index contributed by atoms with van der Waals surface area (Å²) in [5.74, 6) is 0.0276. The van der Waals surface area contributed by atoms with Crippen LogP contribution in [-0.4, -0.2) is 17.1 Å². The van der Waals surface area contributed by atoms with Crippen LogP contribution in [0.3, 0.4) is 0 Å². The fourth-order valence-corrected chi connectivity index (χ4v) is 2.34. The average Bonchev–Trinajstić information content (AvgIpc) is 2.53. The molecule has 22 heavy (non-hydrogen) atoms. The topological polar surface area (TPSA) is 23.5 Å². The normalized spacial score (nSPS) is 11.0. The van der Waals surface area contributed by atoms with Crippen LogP contribution >= 0.6 is 0 Å². The molecule has 0 radical (unpaired) electrons. The van der Waals surface area contributed by atoms with E-state index < -0.39 is 0 Å². The smallest absolute Gasteiger partial charge is 0.110 e. The molecule has 0 saturated carbocycles. The van der Waals surface area contributed by atoms with E-state index in [2.05, 4.69) is 49.6 Å². The maximum Gasteiger partial charge on any atom is 0.110 e. The van der Waals surface area contributed by atoms with Gasteiger partial charge in [0, 0.05) is 25.4 Å². The molecule has 0 heterocycles. The Morgan fingerprint density at radius 3 is 2.41 bits per heavy atom. The Morgan fingerprint density at radius 1 is 1.09 bits per heavy atom. The lowest BCUT2D eigenvalue weighted by Crippen LogP contribution is -2.16. The molecule has 0 bridgehead atoms. The van der Waals surface area contributed by atoms with Crippen molar-refractivity contribution in [2.24, 2.45) is 0 Å². The molecule has 0 fully saturated rings. The van der Waals surface area contributed by atoms with Crippen molar-refractivity contribution >= 4 is 0 Å². The van der Waals surface area contributed by atoms with E-state index in [1.54, 1.807) is 12.2 Å². The minimum atomic E-state index is 0.0276. The lowest BCUT2D eigenvalue weighted by molar-refractivity contribution is 0.406. The van der Waals surface area contributed by atoms with Crippen molar-refractivity contribution in [2.75, 3.05) is 7.05 Å². The summed E-state index contributed by atoms with van der Waals surface area (Å²) in [4.78, 5) is 2.03. The van der Waals surface area contributed by atoms with Gasteiger partial charge in [0.25, 0.3) is 0 Å². The van der Waals surface area contributed by atoms with E-state index in [0.717, 1.165) is 12.2 Å². The Morgan fingerprint density at radius 2 is 1.77 bits per heavy atom. The summed E-state index contributed by atoms with van der Waals surface area (Å²) >= 11 is 0. The first-order valence-electron chi connectivity index (χ1n) is 7.17. The Balaban J connectivity index is 2.20. The number of aliphatic hydroxyl groups is 1. The van der Waals surface area contributed by atoms with E-state index in [9.17, 15) is 5.11 Å². The molecule has 0 aliphatic heterocycles. The summed E-state index contributed by atoms with van der Waals surface area (Å²) in [5, 5.41) is 9.32. The minimum Gasteiger partial charge on any atom is -0.509 e. The maximum atomic E-state index is 9.32. The van der Waals surface area contributed by atoms with E-state index >= 15 is 0 Å². The molecule has 0 unspecified atom stereocenters. The van der Waals surface area contributed by atoms with Crippen LogP contribution in [0.25, 0.3) is 11.1 Å². The minimum absolute atomic E-state index is 0.0276. The lowest BCUT2D eigenvalue weighted by atomic mass is 10.0. The van der Waals surface area contributed by atoms with Crippen LogP contribution in [0, 0.1) is 0 Å². The van der Waals surface area contributed by atoms with Gasteiger partial charge in [-0.2, -0.15) is 0 Å². The zero-order chi connectivity index (χ0) is 15.9. The van der Waals surface area contributed by atoms with Crippen LogP contribution in [0.4, 0.5) is 0 Å². The summed E-state index contributed by atoms with van der Waals surface area (Å²) in [7, 11) is 1.96. The molecular formula is C20H21NO. The van der Waals surface area contributed by atoms with Crippen LogP contribution in [0.15, 0.2) is 91.4 Å². The second-order valence-electron chi connectivity index (χ2n) is 5.19. The molecule has 2 heteroatoms. The summed E-state index contributed by atoms with van der Waals surface area (Å²) in [5.41, 5.74) is 4.43. The van der Waals surface area contributed by atoms with Gasteiger partial charge in [-0.3, -0.25) is 0 Å². The van der Waals surface area contributed by atoms with Gasteiger partial charge in [-0.25, -0.2) is 0 Å². The number of hydrogen-bond donors (Lipinski definition) is 1. The van der Waals surface area contributed by atoms with Crippen molar-refractivity contribution in [2.45, 2.75) is 6.54 Å². The molecule has 0 aromatic heterocycles. The summed E-state index contributed by atoms with van der Waals surface area (Å²) in [6.45, 7) is 8.00. The second-order valence-corrected chi connectivity index (χ2v) is 5.19. The highest BCUT2D eigenvalue weighted by Crippen LogP contribution is 2.21. The first kappa shape index (κ1) is 15.6. The fourth-order valence-electron chi connectivity index (χ4n) is 2.34. The standard InChI is InChI=1S/C20H21NO/c1-4-20(13-16(2)22)21(3)15-17-9-8-12-19(14-17)18-10-6-5-7-11-18/h4-14,22H,1-2,15H2,3H3/b20-13+. The number of aliphatic hydroxyl groups excluding tert-OH is 1. The Labute approximate surface area is 132 Å². The molecule has 2 rings (SSSR count). The largest absolute Gasteiger partial charge is 0.509 e. The highest BCUT2D eigenvalue weighted by atomic mass is 16.3. The van der Waals surface area contributed by atoms with Crippen LogP contribution < -0.4 is 0 Å². The van der Waals surface area contributed by atoms with Crippen LogP contribution in [0.2, 0.25) is 0 Å². The van der Waals surface area contributed by atoms with E-state index in [4.69, 9.17) is 0 Å². The predicted octanol–water partition coefficient (Wildman–Crippen LogP) is 4.93. The molecule has 1 N–H and O–H groups in total. The Hall–Kier alpha value is -2.74. The number of allylic oxidation sites excluding steroid dienone is 2. The number of benzene rings is 2. The second kappa shape index (κ2) is 7.32. The molecule has 0 atom stereocenters. The highest BCUT2D eigenvalue weighted by molar-refractivity contribution is 5.63.